The molecule has 5 heterocycles. The van der Waals surface area contributed by atoms with Crippen molar-refractivity contribution in [1.82, 2.24) is 19.9 Å². The maximum absolute atomic E-state index is 6.52. The molecule has 0 atom stereocenters. The maximum atomic E-state index is 6.52. The molecular weight excluding hydrogens is 881 g/mol. The third kappa shape index (κ3) is 15.0. The van der Waals surface area contributed by atoms with Gasteiger partial charge in [-0.15, -0.1) is 5.54 Å². The van der Waals surface area contributed by atoms with Crippen LogP contribution in [0.2, 0.25) is 19.6 Å². The zero-order valence-electron chi connectivity index (χ0n) is 44.8. The van der Waals surface area contributed by atoms with Crippen molar-refractivity contribution >= 4 is 54.4 Å². The lowest BCUT2D eigenvalue weighted by molar-refractivity contribution is 0.233. The average molecular weight is 959 g/mol. The summed E-state index contributed by atoms with van der Waals surface area (Å²) in [6.45, 7) is 36.0. The Morgan fingerprint density at radius 2 is 0.857 bits per heavy atom. The van der Waals surface area contributed by atoms with Crippen LogP contribution in [0.5, 0.6) is 23.0 Å². The molecule has 0 fully saturated rings. The van der Waals surface area contributed by atoms with Gasteiger partial charge in [-0.25, -0.2) is 9.97 Å². The molecule has 2 aliphatic rings. The Morgan fingerprint density at radius 3 is 1.31 bits per heavy atom. The van der Waals surface area contributed by atoms with Gasteiger partial charge < -0.3 is 28.9 Å². The van der Waals surface area contributed by atoms with Gasteiger partial charge in [-0.1, -0.05) is 109 Å². The standard InChI is InChI=1S/C61H78N4O4Si/c1-58(2,3)25-29-66-45-34-41(35-46(39-45)67-30-26-59(4,5)6)56-52-18-16-43(62-52)38-44-17-19-53(63-44)57(55-23-21-51(65-55)49(24-33-70(13,14)15)50-20-22-54(56)64-50)42-36-47(68-31-27-60(7,8)9)40-48(37-42)69-32-28-61(10,11)12/h16-23,34-40,62,65H,25-32H2,1-15H3. The summed E-state index contributed by atoms with van der Waals surface area (Å²) in [5.41, 5.74) is 15.6. The molecule has 3 aromatic heterocycles. The Hall–Kier alpha value is -5.98. The second-order valence-electron chi connectivity index (χ2n) is 24.9. The summed E-state index contributed by atoms with van der Waals surface area (Å²) in [6.07, 6.45) is 12.0. The van der Waals surface area contributed by atoms with Crippen molar-refractivity contribution in [1.29, 1.82) is 0 Å². The molecule has 70 heavy (non-hydrogen) atoms. The second kappa shape index (κ2) is 20.8. The summed E-state index contributed by atoms with van der Waals surface area (Å²) >= 11 is 0. The van der Waals surface area contributed by atoms with Gasteiger partial charge in [0.05, 0.1) is 60.3 Å². The highest BCUT2D eigenvalue weighted by atomic mass is 28.3. The van der Waals surface area contributed by atoms with Gasteiger partial charge in [0.1, 0.15) is 31.1 Å². The van der Waals surface area contributed by atoms with Gasteiger partial charge >= 0.3 is 0 Å². The number of aromatic nitrogens is 4. The van der Waals surface area contributed by atoms with Crippen LogP contribution in [0.4, 0.5) is 0 Å². The SMILES string of the molecule is CC(C)(C)CCOc1cc(OCCC(C)(C)C)cc(-c2c3nc(c(C#C[Si](C)(C)C)c4ccc([nH]4)c(-c4cc(OCCC(C)(C)C)cc(OCCC(C)(C)C)c4)c4nc(cc5ccc2[nH]5)C=C4)C=C3)c1. The van der Waals surface area contributed by atoms with Gasteiger partial charge in [0.2, 0.25) is 0 Å². The zero-order chi connectivity index (χ0) is 50.6. The lowest BCUT2D eigenvalue weighted by Gasteiger charge is -2.20. The third-order valence-electron chi connectivity index (χ3n) is 12.0. The number of hydrogen-bond acceptors (Lipinski definition) is 6. The molecule has 2 aliphatic heterocycles. The summed E-state index contributed by atoms with van der Waals surface area (Å²) < 4.78 is 26.1. The number of nitrogens with one attached hydrogen (secondary N) is 2. The fourth-order valence-corrected chi connectivity index (χ4v) is 8.29. The fraction of sp³-hybridized carbons (Fsp3) is 0.443. The maximum Gasteiger partial charge on any atom is 0.129 e. The highest BCUT2D eigenvalue weighted by Gasteiger charge is 2.21. The Morgan fingerprint density at radius 1 is 0.457 bits per heavy atom. The van der Waals surface area contributed by atoms with E-state index in [1.54, 1.807) is 0 Å². The van der Waals surface area contributed by atoms with Crippen molar-refractivity contribution in [3.05, 3.63) is 95.1 Å². The van der Waals surface area contributed by atoms with Crippen LogP contribution < -0.4 is 18.9 Å². The Labute approximate surface area is 419 Å². The number of ether oxygens (including phenoxy) is 4. The van der Waals surface area contributed by atoms with Crippen molar-refractivity contribution in [3.63, 3.8) is 0 Å². The summed E-state index contributed by atoms with van der Waals surface area (Å²) in [5.74, 6) is 6.69. The van der Waals surface area contributed by atoms with Crippen molar-refractivity contribution in [2.24, 2.45) is 21.7 Å². The highest BCUT2D eigenvalue weighted by Crippen LogP contribution is 2.39. The number of nitrogens with zero attached hydrogens (tertiary/aromatic N) is 2. The molecule has 2 aromatic carbocycles. The van der Waals surface area contributed by atoms with E-state index in [0.29, 0.717) is 26.4 Å². The molecule has 5 aromatic rings. The van der Waals surface area contributed by atoms with Crippen LogP contribution in [0, 0.1) is 33.1 Å². The molecule has 8 nitrogen and oxygen atoms in total. The lowest BCUT2D eigenvalue weighted by Crippen LogP contribution is -2.16. The minimum atomic E-state index is -1.83. The number of fused-ring (bicyclic) bond motifs is 8. The largest absolute Gasteiger partial charge is 0.493 e. The van der Waals surface area contributed by atoms with Gasteiger partial charge in [0.25, 0.3) is 0 Å². The first-order valence-corrected chi connectivity index (χ1v) is 28.7. The summed E-state index contributed by atoms with van der Waals surface area (Å²) in [6, 6.07) is 23.1. The van der Waals surface area contributed by atoms with Gasteiger partial charge in [-0.2, -0.15) is 0 Å². The fourth-order valence-electron chi connectivity index (χ4n) is 7.79. The molecule has 0 spiro atoms. The molecule has 0 aliphatic carbocycles. The number of hydrogen-bond donors (Lipinski definition) is 2. The van der Waals surface area contributed by atoms with E-state index in [9.17, 15) is 0 Å². The van der Waals surface area contributed by atoms with Crippen LogP contribution in [-0.2, 0) is 0 Å². The Balaban J connectivity index is 1.48. The lowest BCUT2D eigenvalue weighted by atomic mass is 9.93. The van der Waals surface area contributed by atoms with Crippen molar-refractivity contribution in [2.45, 2.75) is 128 Å². The summed E-state index contributed by atoms with van der Waals surface area (Å²) in [5, 5.41) is 0. The van der Waals surface area contributed by atoms with Crippen molar-refractivity contribution in [3.8, 4) is 56.7 Å². The van der Waals surface area contributed by atoms with E-state index < -0.39 is 8.07 Å². The van der Waals surface area contributed by atoms with Crippen molar-refractivity contribution in [2.75, 3.05) is 26.4 Å². The normalized spacial score (nSPS) is 13.0. The third-order valence-corrected chi connectivity index (χ3v) is 12.8. The predicted molar refractivity (Wildman–Crippen MR) is 298 cm³/mol. The summed E-state index contributed by atoms with van der Waals surface area (Å²) in [7, 11) is -1.83. The second-order valence-corrected chi connectivity index (χ2v) is 29.6. The van der Waals surface area contributed by atoms with Crippen molar-refractivity contribution < 1.29 is 18.9 Å². The molecule has 7 rings (SSSR count). The average Bonchev–Trinajstić information content (AvgIpc) is 4.06. The topological polar surface area (TPSA) is 94.3 Å². The molecule has 9 heteroatoms. The molecule has 0 saturated heterocycles. The zero-order valence-corrected chi connectivity index (χ0v) is 45.8. The molecule has 0 radical (unpaired) electrons. The van der Waals surface area contributed by atoms with E-state index in [0.717, 1.165) is 121 Å². The van der Waals surface area contributed by atoms with Crippen LogP contribution in [0.25, 0.3) is 68.6 Å². The first-order chi connectivity index (χ1) is 32.7. The number of benzene rings is 2. The van der Waals surface area contributed by atoms with Gasteiger partial charge in [-0.3, -0.25) is 0 Å². The minimum Gasteiger partial charge on any atom is -0.493 e. The highest BCUT2D eigenvalue weighted by molar-refractivity contribution is 6.83. The molecule has 8 bridgehead atoms. The first kappa shape index (κ1) is 51.9. The van der Waals surface area contributed by atoms with Gasteiger partial charge in [0, 0.05) is 39.8 Å². The van der Waals surface area contributed by atoms with Crippen LogP contribution in [0.1, 0.15) is 137 Å². The van der Waals surface area contributed by atoms with E-state index in [2.05, 4.69) is 203 Å². The van der Waals surface area contributed by atoms with Crippen LogP contribution >= 0.6 is 0 Å². The molecule has 370 valence electrons. The van der Waals surface area contributed by atoms with Crippen LogP contribution in [0.3, 0.4) is 0 Å². The van der Waals surface area contributed by atoms with E-state index >= 15 is 0 Å². The predicted octanol–water partition coefficient (Wildman–Crippen LogP) is 16.5. The minimum absolute atomic E-state index is 0.133. The Bertz CT molecular complexity index is 2820. The van der Waals surface area contributed by atoms with E-state index in [1.807, 2.05) is 12.1 Å². The van der Waals surface area contributed by atoms with Gasteiger partial charge in [0.15, 0.2) is 0 Å². The molecule has 0 amide bonds. The number of aromatic amines is 2. The monoisotopic (exact) mass is 959 g/mol. The van der Waals surface area contributed by atoms with Gasteiger partial charge in [-0.05, 0) is 137 Å². The smallest absolute Gasteiger partial charge is 0.129 e. The quantitative estimate of drug-likeness (QED) is 0.0833. The number of rotatable bonds is 14. The molecule has 0 saturated carbocycles. The molecule has 0 unspecified atom stereocenters. The summed E-state index contributed by atoms with van der Waals surface area (Å²) in [4.78, 5) is 18.3. The van der Waals surface area contributed by atoms with Crippen LogP contribution in [-0.4, -0.2) is 54.4 Å². The van der Waals surface area contributed by atoms with E-state index in [1.165, 1.54) is 0 Å². The van der Waals surface area contributed by atoms with E-state index in [4.69, 9.17) is 28.9 Å². The molecular formula is C61H78N4O4Si. The molecule has 2 N–H and O–H groups in total. The van der Waals surface area contributed by atoms with E-state index in [-0.39, 0.29) is 21.7 Å². The first-order valence-electron chi connectivity index (χ1n) is 25.2. The number of H-pyrrole nitrogens is 2. The Kier molecular flexibility index (Phi) is 15.4. The van der Waals surface area contributed by atoms with Crippen LogP contribution in [0.15, 0.2) is 66.7 Å².